The average Bonchev–Trinajstić information content (AvgIpc) is 2.78. The van der Waals surface area contributed by atoms with Gasteiger partial charge < -0.3 is 9.47 Å². The molecule has 1 saturated heterocycles. The maximum atomic E-state index is 11.4. The number of nitrogens with two attached hydrogens (primary N) is 1. The van der Waals surface area contributed by atoms with Crippen molar-refractivity contribution in [2.24, 2.45) is 10.6 Å². The standard InChI is InChI=1S/C12H23NO4S/c13-18(14,15)10-12(5-2-1-3-6-12)9-17-11-4-7-16-8-11/h11H,1-10H2,(H2,13,14,15). The van der Waals surface area contributed by atoms with Crippen LogP contribution >= 0.6 is 0 Å². The predicted octanol–water partition coefficient (Wildman–Crippen LogP) is 1.03. The Balaban J connectivity index is 1.94. The van der Waals surface area contributed by atoms with Crippen LogP contribution < -0.4 is 5.14 Å². The van der Waals surface area contributed by atoms with E-state index in [-0.39, 0.29) is 17.3 Å². The minimum atomic E-state index is -3.44. The van der Waals surface area contributed by atoms with Gasteiger partial charge in [-0.15, -0.1) is 0 Å². The minimum Gasteiger partial charge on any atom is -0.379 e. The third kappa shape index (κ3) is 4.19. The quantitative estimate of drug-likeness (QED) is 0.814. The second-order valence-corrected chi connectivity index (χ2v) is 7.28. The molecule has 2 N–H and O–H groups in total. The first-order chi connectivity index (χ1) is 8.49. The highest BCUT2D eigenvalue weighted by Crippen LogP contribution is 2.38. The summed E-state index contributed by atoms with van der Waals surface area (Å²) in [5, 5.41) is 5.23. The highest BCUT2D eigenvalue weighted by molar-refractivity contribution is 7.89. The van der Waals surface area contributed by atoms with Crippen LogP contribution in [-0.4, -0.2) is 40.1 Å². The van der Waals surface area contributed by atoms with Crippen molar-refractivity contribution in [3.63, 3.8) is 0 Å². The van der Waals surface area contributed by atoms with Gasteiger partial charge in [0.25, 0.3) is 0 Å². The first-order valence-electron chi connectivity index (χ1n) is 6.69. The molecule has 1 atom stereocenters. The lowest BCUT2D eigenvalue weighted by molar-refractivity contribution is -0.0187. The number of hydrogen-bond acceptors (Lipinski definition) is 4. The Hall–Kier alpha value is -0.170. The molecule has 0 bridgehead atoms. The van der Waals surface area contributed by atoms with Crippen molar-refractivity contribution in [3.05, 3.63) is 0 Å². The van der Waals surface area contributed by atoms with Crippen molar-refractivity contribution in [3.8, 4) is 0 Å². The van der Waals surface area contributed by atoms with Gasteiger partial charge in [-0.2, -0.15) is 0 Å². The Morgan fingerprint density at radius 3 is 2.56 bits per heavy atom. The topological polar surface area (TPSA) is 78.6 Å². The van der Waals surface area contributed by atoms with E-state index in [9.17, 15) is 8.42 Å². The van der Waals surface area contributed by atoms with Crippen molar-refractivity contribution in [1.82, 2.24) is 0 Å². The van der Waals surface area contributed by atoms with Gasteiger partial charge in [-0.3, -0.25) is 0 Å². The molecule has 2 rings (SSSR count). The van der Waals surface area contributed by atoms with Crippen LogP contribution in [-0.2, 0) is 19.5 Å². The van der Waals surface area contributed by atoms with E-state index >= 15 is 0 Å². The van der Waals surface area contributed by atoms with E-state index in [1.54, 1.807) is 0 Å². The lowest BCUT2D eigenvalue weighted by Crippen LogP contribution is -2.40. The molecule has 5 nitrogen and oxygen atoms in total. The summed E-state index contributed by atoms with van der Waals surface area (Å²) in [4.78, 5) is 0. The SMILES string of the molecule is NS(=O)(=O)CC1(COC2CCOC2)CCCCC1. The number of ether oxygens (including phenoxy) is 2. The van der Waals surface area contributed by atoms with Crippen LogP contribution in [0.25, 0.3) is 0 Å². The fourth-order valence-electron chi connectivity index (χ4n) is 3.00. The largest absolute Gasteiger partial charge is 0.379 e. The second kappa shape index (κ2) is 5.86. The first-order valence-corrected chi connectivity index (χ1v) is 8.41. The lowest BCUT2D eigenvalue weighted by Gasteiger charge is -2.36. The van der Waals surface area contributed by atoms with Gasteiger partial charge in [0, 0.05) is 12.0 Å². The fraction of sp³-hybridized carbons (Fsp3) is 1.00. The number of rotatable bonds is 5. The summed E-state index contributed by atoms with van der Waals surface area (Å²) >= 11 is 0. The minimum absolute atomic E-state index is 0.0492. The van der Waals surface area contributed by atoms with Crippen molar-refractivity contribution in [2.45, 2.75) is 44.6 Å². The lowest BCUT2D eigenvalue weighted by atomic mass is 9.76. The van der Waals surface area contributed by atoms with E-state index in [0.717, 1.165) is 38.7 Å². The molecule has 18 heavy (non-hydrogen) atoms. The van der Waals surface area contributed by atoms with Gasteiger partial charge in [-0.25, -0.2) is 13.6 Å². The third-order valence-electron chi connectivity index (χ3n) is 3.93. The Labute approximate surface area is 109 Å². The summed E-state index contributed by atoms with van der Waals surface area (Å²) in [5.74, 6) is 0.0492. The molecule has 1 unspecified atom stereocenters. The average molecular weight is 277 g/mol. The van der Waals surface area contributed by atoms with Crippen LogP contribution in [0, 0.1) is 5.41 Å². The van der Waals surface area contributed by atoms with E-state index in [1.165, 1.54) is 6.42 Å². The molecule has 1 aliphatic heterocycles. The van der Waals surface area contributed by atoms with Crippen molar-refractivity contribution in [1.29, 1.82) is 0 Å². The molecule has 6 heteroatoms. The zero-order chi connectivity index (χ0) is 13.1. The van der Waals surface area contributed by atoms with Gasteiger partial charge in [0.1, 0.15) is 0 Å². The van der Waals surface area contributed by atoms with Crippen molar-refractivity contribution < 1.29 is 17.9 Å². The highest BCUT2D eigenvalue weighted by Gasteiger charge is 2.37. The molecule has 2 aliphatic rings. The maximum Gasteiger partial charge on any atom is 0.209 e. The molecule has 1 saturated carbocycles. The smallest absolute Gasteiger partial charge is 0.209 e. The second-order valence-electron chi connectivity index (χ2n) is 5.66. The maximum absolute atomic E-state index is 11.4. The van der Waals surface area contributed by atoms with Gasteiger partial charge in [0.2, 0.25) is 10.0 Å². The molecular weight excluding hydrogens is 254 g/mol. The molecule has 0 aromatic heterocycles. The molecular formula is C12H23NO4S. The van der Waals surface area contributed by atoms with Crippen LogP contribution in [0.5, 0.6) is 0 Å². The zero-order valence-corrected chi connectivity index (χ0v) is 11.6. The fourth-order valence-corrected chi connectivity index (χ4v) is 4.22. The van der Waals surface area contributed by atoms with E-state index in [2.05, 4.69) is 0 Å². The van der Waals surface area contributed by atoms with Crippen LogP contribution in [0.2, 0.25) is 0 Å². The number of sulfonamides is 1. The molecule has 0 aromatic rings. The zero-order valence-electron chi connectivity index (χ0n) is 10.8. The van der Waals surface area contributed by atoms with E-state index in [4.69, 9.17) is 14.6 Å². The molecule has 1 heterocycles. The molecule has 106 valence electrons. The normalized spacial score (nSPS) is 28.4. The molecule has 0 spiro atoms. The number of primary sulfonamides is 1. The summed E-state index contributed by atoms with van der Waals surface area (Å²) in [6, 6.07) is 0. The molecule has 0 aromatic carbocycles. The molecule has 0 radical (unpaired) electrons. The summed E-state index contributed by atoms with van der Waals surface area (Å²) in [7, 11) is -3.44. The Kier molecular flexibility index (Phi) is 4.64. The van der Waals surface area contributed by atoms with Crippen LogP contribution in [0.3, 0.4) is 0 Å². The van der Waals surface area contributed by atoms with Crippen LogP contribution in [0.15, 0.2) is 0 Å². The summed E-state index contributed by atoms with van der Waals surface area (Å²) in [5.41, 5.74) is -0.269. The molecule has 1 aliphatic carbocycles. The van der Waals surface area contributed by atoms with Gasteiger partial charge >= 0.3 is 0 Å². The third-order valence-corrected chi connectivity index (χ3v) is 4.95. The summed E-state index contributed by atoms with van der Waals surface area (Å²) < 4.78 is 33.9. The first kappa shape index (κ1) is 14.2. The summed E-state index contributed by atoms with van der Waals surface area (Å²) in [6.45, 7) is 1.87. The monoisotopic (exact) mass is 277 g/mol. The van der Waals surface area contributed by atoms with Gasteiger partial charge in [-0.05, 0) is 19.3 Å². The summed E-state index contributed by atoms with van der Waals surface area (Å²) in [6.07, 6.45) is 6.16. The Morgan fingerprint density at radius 2 is 2.00 bits per heavy atom. The van der Waals surface area contributed by atoms with Crippen molar-refractivity contribution >= 4 is 10.0 Å². The van der Waals surface area contributed by atoms with E-state index in [1.807, 2.05) is 0 Å². The van der Waals surface area contributed by atoms with Crippen LogP contribution in [0.4, 0.5) is 0 Å². The number of hydrogen-bond donors (Lipinski definition) is 1. The predicted molar refractivity (Wildman–Crippen MR) is 68.7 cm³/mol. The van der Waals surface area contributed by atoms with Gasteiger partial charge in [-0.1, -0.05) is 19.3 Å². The van der Waals surface area contributed by atoms with Gasteiger partial charge in [0.05, 0.1) is 25.1 Å². The molecule has 2 fully saturated rings. The van der Waals surface area contributed by atoms with Gasteiger partial charge in [0.15, 0.2) is 0 Å². The van der Waals surface area contributed by atoms with E-state index < -0.39 is 10.0 Å². The highest BCUT2D eigenvalue weighted by atomic mass is 32.2. The Bertz CT molecular complexity index is 356. The Morgan fingerprint density at radius 1 is 1.28 bits per heavy atom. The molecule has 0 amide bonds. The van der Waals surface area contributed by atoms with E-state index in [0.29, 0.717) is 13.2 Å². The van der Waals surface area contributed by atoms with Crippen molar-refractivity contribution in [2.75, 3.05) is 25.6 Å². The van der Waals surface area contributed by atoms with Crippen LogP contribution in [0.1, 0.15) is 38.5 Å².